The normalized spacial score (nSPS) is 14.0. The van der Waals surface area contributed by atoms with Gasteiger partial charge in [0.05, 0.1) is 17.7 Å². The van der Waals surface area contributed by atoms with E-state index in [0.29, 0.717) is 23.4 Å². The first kappa shape index (κ1) is 22.1. The van der Waals surface area contributed by atoms with Crippen LogP contribution in [0.15, 0.2) is 70.2 Å². The van der Waals surface area contributed by atoms with Crippen molar-refractivity contribution in [3.8, 4) is 0 Å². The van der Waals surface area contributed by atoms with Gasteiger partial charge in [-0.25, -0.2) is 13.1 Å². The Morgan fingerprint density at radius 3 is 2.47 bits per heavy atom. The van der Waals surface area contributed by atoms with Crippen LogP contribution in [-0.2, 0) is 23.1 Å². The van der Waals surface area contributed by atoms with E-state index in [-0.39, 0.29) is 17.3 Å². The minimum absolute atomic E-state index is 0.0368. The molecule has 1 aliphatic rings. The van der Waals surface area contributed by atoms with Gasteiger partial charge in [-0.3, -0.25) is 4.79 Å². The Balaban J connectivity index is 1.40. The number of sulfonamides is 1. The maximum Gasteiger partial charge on any atom is 0.251 e. The molecule has 3 aromatic rings. The average Bonchev–Trinajstić information content (AvgIpc) is 3.51. The molecule has 168 valence electrons. The molecule has 2 aromatic carbocycles. The molecule has 0 aliphatic carbocycles. The lowest BCUT2D eigenvalue weighted by Crippen LogP contribution is -2.26. The molecule has 8 heteroatoms. The lowest BCUT2D eigenvalue weighted by molar-refractivity contribution is 0.0950. The van der Waals surface area contributed by atoms with Gasteiger partial charge in [-0.05, 0) is 67.3 Å². The smallest absolute Gasteiger partial charge is 0.251 e. The van der Waals surface area contributed by atoms with E-state index >= 15 is 0 Å². The van der Waals surface area contributed by atoms with Crippen LogP contribution in [0.5, 0.6) is 0 Å². The highest BCUT2D eigenvalue weighted by atomic mass is 32.2. The molecule has 1 saturated heterocycles. The molecule has 32 heavy (non-hydrogen) atoms. The van der Waals surface area contributed by atoms with Crippen molar-refractivity contribution in [1.82, 2.24) is 10.0 Å². The van der Waals surface area contributed by atoms with Crippen molar-refractivity contribution in [2.75, 3.05) is 18.0 Å². The number of nitrogens with one attached hydrogen (secondary N) is 2. The van der Waals surface area contributed by atoms with Crippen LogP contribution in [-0.4, -0.2) is 27.4 Å². The SMILES string of the molecule is Cc1ccc(S(=O)(=O)NCc2ccco2)cc1C(=O)NCc1ccc(N2CCCC2)cc1. The van der Waals surface area contributed by atoms with Crippen molar-refractivity contribution in [3.05, 3.63) is 83.3 Å². The summed E-state index contributed by atoms with van der Waals surface area (Å²) in [4.78, 5) is 15.2. The lowest BCUT2D eigenvalue weighted by atomic mass is 10.1. The Morgan fingerprint density at radius 1 is 1.03 bits per heavy atom. The maximum absolute atomic E-state index is 12.8. The summed E-state index contributed by atoms with van der Waals surface area (Å²) in [6, 6.07) is 16.1. The number of anilines is 1. The molecule has 4 rings (SSSR count). The number of carbonyl (C=O) groups excluding carboxylic acids is 1. The van der Waals surface area contributed by atoms with Crippen molar-refractivity contribution in [1.29, 1.82) is 0 Å². The fourth-order valence-electron chi connectivity index (χ4n) is 3.75. The second-order valence-electron chi connectivity index (χ2n) is 7.92. The van der Waals surface area contributed by atoms with Gasteiger partial charge in [-0.1, -0.05) is 18.2 Å². The van der Waals surface area contributed by atoms with Crippen LogP contribution in [0, 0.1) is 6.92 Å². The first-order chi connectivity index (χ1) is 15.4. The van der Waals surface area contributed by atoms with Gasteiger partial charge < -0.3 is 14.6 Å². The minimum atomic E-state index is -3.78. The molecule has 7 nitrogen and oxygen atoms in total. The molecule has 0 atom stereocenters. The van der Waals surface area contributed by atoms with E-state index in [4.69, 9.17) is 4.42 Å². The zero-order valence-electron chi connectivity index (χ0n) is 18.0. The zero-order chi connectivity index (χ0) is 22.6. The van der Waals surface area contributed by atoms with E-state index in [1.165, 1.54) is 36.9 Å². The van der Waals surface area contributed by atoms with Gasteiger partial charge in [0.25, 0.3) is 5.91 Å². The van der Waals surface area contributed by atoms with E-state index in [1.807, 2.05) is 12.1 Å². The summed E-state index contributed by atoms with van der Waals surface area (Å²) >= 11 is 0. The lowest BCUT2D eigenvalue weighted by Gasteiger charge is -2.17. The molecule has 0 radical (unpaired) electrons. The molecule has 2 N–H and O–H groups in total. The number of amides is 1. The van der Waals surface area contributed by atoms with Crippen LogP contribution in [0.3, 0.4) is 0 Å². The van der Waals surface area contributed by atoms with Crippen molar-refractivity contribution in [3.63, 3.8) is 0 Å². The van der Waals surface area contributed by atoms with Gasteiger partial charge in [-0.15, -0.1) is 0 Å². The number of hydrogen-bond acceptors (Lipinski definition) is 5. The number of rotatable bonds is 8. The molecular formula is C24H27N3O4S. The summed E-state index contributed by atoms with van der Waals surface area (Å²) in [5.74, 6) is 0.198. The summed E-state index contributed by atoms with van der Waals surface area (Å²) < 4.78 is 32.9. The Kier molecular flexibility index (Phi) is 6.62. The van der Waals surface area contributed by atoms with Crippen molar-refractivity contribution >= 4 is 21.6 Å². The average molecular weight is 454 g/mol. The second kappa shape index (κ2) is 9.58. The summed E-state index contributed by atoms with van der Waals surface area (Å²) in [5.41, 5.74) is 3.23. The van der Waals surface area contributed by atoms with E-state index in [1.54, 1.807) is 25.1 Å². The van der Waals surface area contributed by atoms with E-state index < -0.39 is 10.0 Å². The number of furan rings is 1. The van der Waals surface area contributed by atoms with Crippen LogP contribution in [0.2, 0.25) is 0 Å². The number of aryl methyl sites for hydroxylation is 1. The minimum Gasteiger partial charge on any atom is -0.468 e. The standard InChI is InChI=1S/C24H27N3O4S/c1-18-6-11-22(32(29,30)26-17-21-5-4-14-31-21)15-23(18)24(28)25-16-19-7-9-20(10-8-19)27-12-2-3-13-27/h4-11,14-15,26H,2-3,12-13,16-17H2,1H3,(H,25,28). The summed E-state index contributed by atoms with van der Waals surface area (Å²) in [5, 5.41) is 2.90. The van der Waals surface area contributed by atoms with Crippen molar-refractivity contribution < 1.29 is 17.6 Å². The van der Waals surface area contributed by atoms with Crippen LogP contribution >= 0.6 is 0 Å². The fraction of sp³-hybridized carbons (Fsp3) is 0.292. The molecule has 0 saturated carbocycles. The van der Waals surface area contributed by atoms with E-state index in [9.17, 15) is 13.2 Å². The van der Waals surface area contributed by atoms with Gasteiger partial charge in [0.15, 0.2) is 0 Å². The molecule has 0 bridgehead atoms. The quantitative estimate of drug-likeness (QED) is 0.544. The van der Waals surface area contributed by atoms with Crippen LogP contribution < -0.4 is 14.9 Å². The van der Waals surface area contributed by atoms with Crippen molar-refractivity contribution in [2.45, 2.75) is 37.8 Å². The maximum atomic E-state index is 12.8. The van der Waals surface area contributed by atoms with E-state index in [0.717, 1.165) is 18.7 Å². The predicted octanol–water partition coefficient (Wildman–Crippen LogP) is 3.60. The Morgan fingerprint density at radius 2 is 1.78 bits per heavy atom. The first-order valence-corrected chi connectivity index (χ1v) is 12.2. The molecule has 0 unspecified atom stereocenters. The monoisotopic (exact) mass is 453 g/mol. The summed E-state index contributed by atoms with van der Waals surface area (Å²) in [6.45, 7) is 4.37. The molecule has 1 fully saturated rings. The topological polar surface area (TPSA) is 91.6 Å². The van der Waals surface area contributed by atoms with Gasteiger partial charge in [0.1, 0.15) is 5.76 Å². The number of benzene rings is 2. The van der Waals surface area contributed by atoms with Crippen LogP contribution in [0.4, 0.5) is 5.69 Å². The molecule has 0 spiro atoms. The number of nitrogens with zero attached hydrogens (tertiary/aromatic N) is 1. The van der Waals surface area contributed by atoms with Gasteiger partial charge in [0, 0.05) is 30.9 Å². The Labute approximate surface area is 188 Å². The predicted molar refractivity (Wildman–Crippen MR) is 123 cm³/mol. The van der Waals surface area contributed by atoms with Gasteiger partial charge in [-0.2, -0.15) is 0 Å². The Hall–Kier alpha value is -3.10. The highest BCUT2D eigenvalue weighted by Gasteiger charge is 2.18. The van der Waals surface area contributed by atoms with Gasteiger partial charge >= 0.3 is 0 Å². The highest BCUT2D eigenvalue weighted by molar-refractivity contribution is 7.89. The third-order valence-corrected chi connectivity index (χ3v) is 7.04. The van der Waals surface area contributed by atoms with Crippen LogP contribution in [0.1, 0.15) is 40.1 Å². The number of hydrogen-bond donors (Lipinski definition) is 2. The molecule has 1 aliphatic heterocycles. The van der Waals surface area contributed by atoms with E-state index in [2.05, 4.69) is 27.1 Å². The Bertz CT molecular complexity index is 1170. The molecule has 1 aromatic heterocycles. The van der Waals surface area contributed by atoms with Crippen molar-refractivity contribution in [2.24, 2.45) is 0 Å². The third-order valence-electron chi connectivity index (χ3n) is 5.64. The fourth-order valence-corrected chi connectivity index (χ4v) is 4.77. The second-order valence-corrected chi connectivity index (χ2v) is 9.69. The molecular weight excluding hydrogens is 426 g/mol. The number of carbonyl (C=O) groups is 1. The zero-order valence-corrected chi connectivity index (χ0v) is 18.8. The third kappa shape index (κ3) is 5.20. The molecule has 2 heterocycles. The summed E-state index contributed by atoms with van der Waals surface area (Å²) in [6.07, 6.45) is 3.94. The van der Waals surface area contributed by atoms with Crippen LogP contribution in [0.25, 0.3) is 0 Å². The summed E-state index contributed by atoms with van der Waals surface area (Å²) in [7, 11) is -3.78. The first-order valence-electron chi connectivity index (χ1n) is 10.7. The van der Waals surface area contributed by atoms with Gasteiger partial charge in [0.2, 0.25) is 10.0 Å². The highest BCUT2D eigenvalue weighted by Crippen LogP contribution is 2.21. The largest absolute Gasteiger partial charge is 0.468 e. The molecule has 1 amide bonds.